The Hall–Kier alpha value is -0.900. The standard InChI is InChI=1S/C7H11NO3/c1-4-2-5(9)3-6(8-4)7(10)11/h4-5,9H,2-3H2,1H3,(H,10,11)/t4-,5-/m1/s1. The van der Waals surface area contributed by atoms with Crippen LogP contribution in [0.4, 0.5) is 0 Å². The summed E-state index contributed by atoms with van der Waals surface area (Å²) in [5.74, 6) is -1.02. The lowest BCUT2D eigenvalue weighted by molar-refractivity contribution is -0.129. The third-order valence-electron chi connectivity index (χ3n) is 1.67. The molecule has 4 heteroatoms. The highest BCUT2D eigenvalue weighted by molar-refractivity contribution is 6.35. The normalized spacial score (nSPS) is 31.3. The third-order valence-corrected chi connectivity index (χ3v) is 1.67. The van der Waals surface area contributed by atoms with Gasteiger partial charge in [0.05, 0.1) is 12.1 Å². The molecule has 0 radical (unpaired) electrons. The van der Waals surface area contributed by atoms with Crippen molar-refractivity contribution in [2.75, 3.05) is 0 Å². The minimum absolute atomic E-state index is 0.0650. The third kappa shape index (κ3) is 2.01. The van der Waals surface area contributed by atoms with E-state index in [4.69, 9.17) is 10.2 Å². The summed E-state index contributed by atoms with van der Waals surface area (Å²) >= 11 is 0. The number of aliphatic hydroxyl groups excluding tert-OH is 1. The first-order valence-electron chi connectivity index (χ1n) is 3.57. The molecular weight excluding hydrogens is 146 g/mol. The van der Waals surface area contributed by atoms with E-state index in [1.807, 2.05) is 0 Å². The number of carboxylic acid groups (broad SMARTS) is 1. The second-order valence-corrected chi connectivity index (χ2v) is 2.82. The van der Waals surface area contributed by atoms with E-state index < -0.39 is 12.1 Å². The van der Waals surface area contributed by atoms with E-state index in [-0.39, 0.29) is 18.2 Å². The number of hydrogen-bond acceptors (Lipinski definition) is 3. The van der Waals surface area contributed by atoms with Gasteiger partial charge in [-0.2, -0.15) is 0 Å². The number of aliphatic imine (C=N–C) groups is 1. The number of aliphatic hydroxyl groups is 1. The van der Waals surface area contributed by atoms with Gasteiger partial charge >= 0.3 is 5.97 Å². The molecule has 11 heavy (non-hydrogen) atoms. The first kappa shape index (κ1) is 8.20. The number of carboxylic acids is 1. The molecule has 1 heterocycles. The Bertz CT molecular complexity index is 200. The summed E-state index contributed by atoms with van der Waals surface area (Å²) < 4.78 is 0. The predicted molar refractivity (Wildman–Crippen MR) is 39.8 cm³/mol. The summed E-state index contributed by atoms with van der Waals surface area (Å²) in [4.78, 5) is 14.3. The molecule has 1 aliphatic rings. The average Bonchev–Trinajstić information content (AvgIpc) is 1.85. The van der Waals surface area contributed by atoms with Crippen LogP contribution in [0.2, 0.25) is 0 Å². The molecule has 0 fully saturated rings. The highest BCUT2D eigenvalue weighted by Crippen LogP contribution is 2.13. The fourth-order valence-electron chi connectivity index (χ4n) is 1.21. The number of rotatable bonds is 1. The van der Waals surface area contributed by atoms with E-state index in [2.05, 4.69) is 4.99 Å². The first-order chi connectivity index (χ1) is 5.09. The van der Waals surface area contributed by atoms with Crippen LogP contribution in [0.5, 0.6) is 0 Å². The molecule has 0 aromatic heterocycles. The Morgan fingerprint density at radius 3 is 2.82 bits per heavy atom. The lowest BCUT2D eigenvalue weighted by Gasteiger charge is -2.19. The molecule has 0 saturated carbocycles. The van der Waals surface area contributed by atoms with Crippen molar-refractivity contribution in [3.05, 3.63) is 0 Å². The molecule has 0 saturated heterocycles. The van der Waals surface area contributed by atoms with Gasteiger partial charge < -0.3 is 10.2 Å². The van der Waals surface area contributed by atoms with Crippen LogP contribution in [-0.2, 0) is 4.79 Å². The number of aliphatic carboxylic acids is 1. The van der Waals surface area contributed by atoms with Crippen molar-refractivity contribution in [3.8, 4) is 0 Å². The maximum atomic E-state index is 10.4. The second kappa shape index (κ2) is 3.00. The molecular formula is C7H11NO3. The van der Waals surface area contributed by atoms with Gasteiger partial charge in [-0.25, -0.2) is 4.79 Å². The topological polar surface area (TPSA) is 69.9 Å². The van der Waals surface area contributed by atoms with Gasteiger partial charge in [-0.3, -0.25) is 4.99 Å². The average molecular weight is 157 g/mol. The summed E-state index contributed by atoms with van der Waals surface area (Å²) in [7, 11) is 0. The fourth-order valence-corrected chi connectivity index (χ4v) is 1.21. The van der Waals surface area contributed by atoms with E-state index in [9.17, 15) is 4.79 Å². The van der Waals surface area contributed by atoms with Gasteiger partial charge in [-0.15, -0.1) is 0 Å². The molecule has 0 spiro atoms. The second-order valence-electron chi connectivity index (χ2n) is 2.82. The SMILES string of the molecule is C[C@@H]1C[C@@H](O)CC(C(=O)O)=N1. The van der Waals surface area contributed by atoms with Crippen LogP contribution in [0.25, 0.3) is 0 Å². The van der Waals surface area contributed by atoms with Gasteiger partial charge in [-0.05, 0) is 13.3 Å². The van der Waals surface area contributed by atoms with Crippen LogP contribution in [0.15, 0.2) is 4.99 Å². The van der Waals surface area contributed by atoms with Gasteiger partial charge in [0.2, 0.25) is 0 Å². The molecule has 1 rings (SSSR count). The smallest absolute Gasteiger partial charge is 0.349 e. The fraction of sp³-hybridized carbons (Fsp3) is 0.714. The van der Waals surface area contributed by atoms with E-state index in [0.717, 1.165) is 0 Å². The quantitative estimate of drug-likeness (QED) is 0.565. The van der Waals surface area contributed by atoms with Crippen molar-refractivity contribution in [1.82, 2.24) is 0 Å². The maximum Gasteiger partial charge on any atom is 0.349 e. The van der Waals surface area contributed by atoms with E-state index in [1.54, 1.807) is 6.92 Å². The summed E-state index contributed by atoms with van der Waals surface area (Å²) in [6, 6.07) is -0.0650. The van der Waals surface area contributed by atoms with E-state index in [1.165, 1.54) is 0 Å². The Balaban J connectivity index is 2.72. The van der Waals surface area contributed by atoms with Crippen molar-refractivity contribution >= 4 is 11.7 Å². The highest BCUT2D eigenvalue weighted by Gasteiger charge is 2.22. The maximum absolute atomic E-state index is 10.4. The predicted octanol–water partition coefficient (Wildman–Crippen LogP) is 0.0552. The molecule has 62 valence electrons. The van der Waals surface area contributed by atoms with E-state index in [0.29, 0.717) is 6.42 Å². The molecule has 0 aromatic rings. The molecule has 2 N–H and O–H groups in total. The Morgan fingerprint density at radius 1 is 1.73 bits per heavy atom. The Morgan fingerprint density at radius 2 is 2.36 bits per heavy atom. The van der Waals surface area contributed by atoms with Crippen molar-refractivity contribution in [1.29, 1.82) is 0 Å². The van der Waals surface area contributed by atoms with Gasteiger partial charge in [0.15, 0.2) is 0 Å². The molecule has 0 amide bonds. The zero-order valence-electron chi connectivity index (χ0n) is 6.32. The zero-order chi connectivity index (χ0) is 8.43. The highest BCUT2D eigenvalue weighted by atomic mass is 16.4. The van der Waals surface area contributed by atoms with Crippen LogP contribution >= 0.6 is 0 Å². The van der Waals surface area contributed by atoms with Gasteiger partial charge in [0.25, 0.3) is 0 Å². The van der Waals surface area contributed by atoms with Crippen molar-refractivity contribution in [2.24, 2.45) is 4.99 Å². The van der Waals surface area contributed by atoms with Crippen LogP contribution in [0.3, 0.4) is 0 Å². The minimum Gasteiger partial charge on any atom is -0.477 e. The van der Waals surface area contributed by atoms with Crippen LogP contribution in [0, 0.1) is 0 Å². The van der Waals surface area contributed by atoms with E-state index >= 15 is 0 Å². The zero-order valence-corrected chi connectivity index (χ0v) is 6.32. The summed E-state index contributed by atoms with van der Waals surface area (Å²) in [5.41, 5.74) is 0.0938. The Labute approximate surface area is 64.6 Å². The molecule has 0 aliphatic carbocycles. The van der Waals surface area contributed by atoms with Gasteiger partial charge in [0, 0.05) is 6.42 Å². The lowest BCUT2D eigenvalue weighted by atomic mass is 10.0. The summed E-state index contributed by atoms with van der Waals surface area (Å²) in [6.07, 6.45) is 0.213. The molecule has 2 atom stereocenters. The largest absolute Gasteiger partial charge is 0.477 e. The molecule has 4 nitrogen and oxygen atoms in total. The molecule has 0 unspecified atom stereocenters. The Kier molecular flexibility index (Phi) is 2.24. The number of carbonyl (C=O) groups is 1. The molecule has 0 bridgehead atoms. The number of hydrogen-bond donors (Lipinski definition) is 2. The lowest BCUT2D eigenvalue weighted by Crippen LogP contribution is -2.29. The van der Waals surface area contributed by atoms with Crippen molar-refractivity contribution < 1.29 is 15.0 Å². The summed E-state index contributed by atoms with van der Waals surface area (Å²) in [6.45, 7) is 1.80. The van der Waals surface area contributed by atoms with Crippen LogP contribution in [0.1, 0.15) is 19.8 Å². The monoisotopic (exact) mass is 157 g/mol. The van der Waals surface area contributed by atoms with Crippen molar-refractivity contribution in [2.45, 2.75) is 31.9 Å². The van der Waals surface area contributed by atoms with Gasteiger partial charge in [-0.1, -0.05) is 0 Å². The first-order valence-corrected chi connectivity index (χ1v) is 3.57. The molecule has 0 aromatic carbocycles. The minimum atomic E-state index is -1.02. The van der Waals surface area contributed by atoms with Crippen LogP contribution in [-0.4, -0.2) is 34.0 Å². The van der Waals surface area contributed by atoms with Gasteiger partial charge in [0.1, 0.15) is 5.71 Å². The van der Waals surface area contributed by atoms with Crippen LogP contribution < -0.4 is 0 Å². The number of nitrogens with zero attached hydrogens (tertiary/aromatic N) is 1. The summed E-state index contributed by atoms with van der Waals surface area (Å²) in [5, 5.41) is 17.7. The van der Waals surface area contributed by atoms with Crippen molar-refractivity contribution in [3.63, 3.8) is 0 Å². The molecule has 1 aliphatic heterocycles.